The molecule has 0 aliphatic rings. The van der Waals surface area contributed by atoms with E-state index in [0.29, 0.717) is 5.69 Å². The molecule has 1 aromatic carbocycles. The minimum Gasteiger partial charge on any atom is -0.364 e. The standard InChI is InChI=1S/C16H17N5O/c1-9(2)21-14-5-4-11(12-7-18-10(3)19-8-12)6-13(14)15(20-21)16(17)22/h4-9H,1-3H3,(H2,17,22). The van der Waals surface area contributed by atoms with Gasteiger partial charge in [-0.05, 0) is 38.5 Å². The van der Waals surface area contributed by atoms with Crippen molar-refractivity contribution in [2.75, 3.05) is 0 Å². The topological polar surface area (TPSA) is 86.7 Å². The summed E-state index contributed by atoms with van der Waals surface area (Å²) in [6.07, 6.45) is 3.53. The number of aryl methyl sites for hydroxylation is 1. The van der Waals surface area contributed by atoms with Crippen molar-refractivity contribution < 1.29 is 4.79 Å². The monoisotopic (exact) mass is 295 g/mol. The zero-order chi connectivity index (χ0) is 15.9. The summed E-state index contributed by atoms with van der Waals surface area (Å²) in [4.78, 5) is 20.1. The molecule has 0 bridgehead atoms. The molecule has 0 spiro atoms. The molecule has 0 saturated heterocycles. The first-order chi connectivity index (χ1) is 10.5. The molecular weight excluding hydrogens is 278 g/mol. The van der Waals surface area contributed by atoms with Gasteiger partial charge in [-0.3, -0.25) is 9.48 Å². The fourth-order valence-electron chi connectivity index (χ4n) is 2.44. The smallest absolute Gasteiger partial charge is 0.269 e. The van der Waals surface area contributed by atoms with Crippen molar-refractivity contribution in [1.82, 2.24) is 19.7 Å². The van der Waals surface area contributed by atoms with E-state index in [9.17, 15) is 4.79 Å². The highest BCUT2D eigenvalue weighted by Gasteiger charge is 2.17. The molecule has 2 aromatic heterocycles. The molecule has 0 unspecified atom stereocenters. The van der Waals surface area contributed by atoms with Crippen LogP contribution in [0.5, 0.6) is 0 Å². The molecule has 0 aliphatic heterocycles. The predicted octanol–water partition coefficient (Wildman–Crippen LogP) is 2.48. The van der Waals surface area contributed by atoms with Crippen LogP contribution in [0.3, 0.4) is 0 Å². The van der Waals surface area contributed by atoms with E-state index in [0.717, 1.165) is 27.9 Å². The minimum absolute atomic E-state index is 0.143. The second kappa shape index (κ2) is 5.22. The van der Waals surface area contributed by atoms with Crippen LogP contribution in [0, 0.1) is 6.92 Å². The van der Waals surface area contributed by atoms with Gasteiger partial charge in [0, 0.05) is 29.4 Å². The molecule has 0 aliphatic carbocycles. The summed E-state index contributed by atoms with van der Waals surface area (Å²) in [7, 11) is 0. The van der Waals surface area contributed by atoms with Crippen LogP contribution in [-0.4, -0.2) is 25.7 Å². The average Bonchev–Trinajstić information content (AvgIpc) is 2.87. The Hall–Kier alpha value is -2.76. The number of benzene rings is 1. The van der Waals surface area contributed by atoms with Gasteiger partial charge in [0.2, 0.25) is 0 Å². The summed E-state index contributed by atoms with van der Waals surface area (Å²) in [5, 5.41) is 5.10. The van der Waals surface area contributed by atoms with Crippen LogP contribution >= 0.6 is 0 Å². The zero-order valence-corrected chi connectivity index (χ0v) is 12.7. The van der Waals surface area contributed by atoms with E-state index < -0.39 is 5.91 Å². The number of amides is 1. The Morgan fingerprint density at radius 2 is 1.86 bits per heavy atom. The predicted molar refractivity (Wildman–Crippen MR) is 84.4 cm³/mol. The third-order valence-electron chi connectivity index (χ3n) is 3.54. The van der Waals surface area contributed by atoms with Gasteiger partial charge in [0.15, 0.2) is 5.69 Å². The number of rotatable bonds is 3. The summed E-state index contributed by atoms with van der Waals surface area (Å²) >= 11 is 0. The Bertz CT molecular complexity index is 849. The van der Waals surface area contributed by atoms with Crippen LogP contribution in [-0.2, 0) is 0 Å². The van der Waals surface area contributed by atoms with E-state index in [-0.39, 0.29) is 6.04 Å². The summed E-state index contributed by atoms with van der Waals surface area (Å²) in [6.45, 7) is 5.86. The quantitative estimate of drug-likeness (QED) is 0.804. The van der Waals surface area contributed by atoms with Gasteiger partial charge in [-0.2, -0.15) is 5.10 Å². The molecule has 112 valence electrons. The molecule has 22 heavy (non-hydrogen) atoms. The van der Waals surface area contributed by atoms with Gasteiger partial charge < -0.3 is 5.73 Å². The number of aromatic nitrogens is 4. The fourth-order valence-corrected chi connectivity index (χ4v) is 2.44. The van der Waals surface area contributed by atoms with Crippen molar-refractivity contribution >= 4 is 16.8 Å². The second-order valence-electron chi connectivity index (χ2n) is 5.50. The van der Waals surface area contributed by atoms with Gasteiger partial charge in [-0.15, -0.1) is 0 Å². The summed E-state index contributed by atoms with van der Waals surface area (Å²) in [5.74, 6) is 0.192. The number of hydrogen-bond donors (Lipinski definition) is 1. The number of hydrogen-bond acceptors (Lipinski definition) is 4. The first-order valence-electron chi connectivity index (χ1n) is 7.08. The maximum absolute atomic E-state index is 11.7. The van der Waals surface area contributed by atoms with Gasteiger partial charge in [0.25, 0.3) is 5.91 Å². The van der Waals surface area contributed by atoms with E-state index in [1.807, 2.05) is 43.7 Å². The van der Waals surface area contributed by atoms with Crippen LogP contribution in [0.4, 0.5) is 0 Å². The van der Waals surface area contributed by atoms with Gasteiger partial charge in [-0.25, -0.2) is 9.97 Å². The van der Waals surface area contributed by atoms with Gasteiger partial charge in [0.1, 0.15) is 5.82 Å². The Morgan fingerprint density at radius 3 is 2.45 bits per heavy atom. The maximum atomic E-state index is 11.7. The molecule has 1 amide bonds. The summed E-state index contributed by atoms with van der Waals surface area (Å²) in [6, 6.07) is 5.98. The second-order valence-corrected chi connectivity index (χ2v) is 5.50. The molecule has 2 N–H and O–H groups in total. The lowest BCUT2D eigenvalue weighted by molar-refractivity contribution is 0.0996. The maximum Gasteiger partial charge on any atom is 0.269 e. The normalized spacial score (nSPS) is 11.3. The van der Waals surface area contributed by atoms with E-state index >= 15 is 0 Å². The lowest BCUT2D eigenvalue weighted by Crippen LogP contribution is -2.13. The van der Waals surface area contributed by atoms with Crippen molar-refractivity contribution in [3.63, 3.8) is 0 Å². The molecule has 6 nitrogen and oxygen atoms in total. The summed E-state index contributed by atoms with van der Waals surface area (Å²) < 4.78 is 1.81. The molecule has 0 fully saturated rings. The Balaban J connectivity index is 2.22. The molecule has 3 aromatic rings. The first-order valence-corrected chi connectivity index (χ1v) is 7.08. The molecule has 6 heteroatoms. The number of fused-ring (bicyclic) bond motifs is 1. The van der Waals surface area contributed by atoms with Crippen molar-refractivity contribution in [3.8, 4) is 11.1 Å². The van der Waals surface area contributed by atoms with Crippen LogP contribution in [0.1, 0.15) is 36.2 Å². The Morgan fingerprint density at radius 1 is 1.18 bits per heavy atom. The zero-order valence-electron chi connectivity index (χ0n) is 12.7. The molecular formula is C16H17N5O. The van der Waals surface area contributed by atoms with Crippen LogP contribution in [0.25, 0.3) is 22.0 Å². The Labute approximate surface area is 128 Å². The molecule has 2 heterocycles. The third-order valence-corrected chi connectivity index (χ3v) is 3.54. The molecule has 0 atom stereocenters. The fraction of sp³-hybridized carbons (Fsp3) is 0.250. The van der Waals surface area contributed by atoms with Crippen LogP contribution in [0.2, 0.25) is 0 Å². The lowest BCUT2D eigenvalue weighted by Gasteiger charge is -2.07. The number of carbonyl (C=O) groups excluding carboxylic acids is 1. The van der Waals surface area contributed by atoms with Crippen molar-refractivity contribution in [2.45, 2.75) is 26.8 Å². The lowest BCUT2D eigenvalue weighted by atomic mass is 10.1. The number of carbonyl (C=O) groups is 1. The van der Waals surface area contributed by atoms with Crippen molar-refractivity contribution in [1.29, 1.82) is 0 Å². The number of nitrogens with two attached hydrogens (primary N) is 1. The van der Waals surface area contributed by atoms with Crippen molar-refractivity contribution in [2.24, 2.45) is 5.73 Å². The van der Waals surface area contributed by atoms with Crippen LogP contribution in [0.15, 0.2) is 30.6 Å². The number of primary amides is 1. The SMILES string of the molecule is Cc1ncc(-c2ccc3c(c2)c(C(N)=O)nn3C(C)C)cn1. The highest BCUT2D eigenvalue weighted by molar-refractivity contribution is 6.05. The third kappa shape index (κ3) is 2.32. The number of nitrogens with zero attached hydrogens (tertiary/aromatic N) is 4. The van der Waals surface area contributed by atoms with Crippen LogP contribution < -0.4 is 5.73 Å². The summed E-state index contributed by atoms with van der Waals surface area (Å²) in [5.41, 5.74) is 8.46. The van der Waals surface area contributed by atoms with E-state index in [1.165, 1.54) is 0 Å². The highest BCUT2D eigenvalue weighted by Crippen LogP contribution is 2.27. The largest absolute Gasteiger partial charge is 0.364 e. The average molecular weight is 295 g/mol. The van der Waals surface area contributed by atoms with Gasteiger partial charge in [0.05, 0.1) is 5.52 Å². The highest BCUT2D eigenvalue weighted by atomic mass is 16.1. The van der Waals surface area contributed by atoms with Gasteiger partial charge in [-0.1, -0.05) is 6.07 Å². The Kier molecular flexibility index (Phi) is 3.36. The molecule has 0 saturated carbocycles. The minimum atomic E-state index is -0.526. The molecule has 3 rings (SSSR count). The van der Waals surface area contributed by atoms with Crippen molar-refractivity contribution in [3.05, 3.63) is 42.1 Å². The van der Waals surface area contributed by atoms with E-state index in [2.05, 4.69) is 15.1 Å². The van der Waals surface area contributed by atoms with E-state index in [1.54, 1.807) is 12.4 Å². The van der Waals surface area contributed by atoms with E-state index in [4.69, 9.17) is 5.73 Å². The molecule has 0 radical (unpaired) electrons. The van der Waals surface area contributed by atoms with Gasteiger partial charge >= 0.3 is 0 Å². The first kappa shape index (κ1) is 14.2.